The fourth-order valence-electron chi connectivity index (χ4n) is 5.58. The van der Waals surface area contributed by atoms with Crippen molar-refractivity contribution < 1.29 is 22.3 Å². The van der Waals surface area contributed by atoms with Gasteiger partial charge in [-0.05, 0) is 37.8 Å². The normalized spacial score (nSPS) is 19.4. The van der Waals surface area contributed by atoms with E-state index >= 15 is 0 Å². The van der Waals surface area contributed by atoms with E-state index in [-0.39, 0.29) is 28.5 Å². The molecule has 4 aromatic heterocycles. The van der Waals surface area contributed by atoms with E-state index in [1.807, 2.05) is 36.5 Å². The van der Waals surface area contributed by atoms with Crippen LogP contribution in [-0.4, -0.2) is 69.6 Å². The van der Waals surface area contributed by atoms with Crippen LogP contribution in [0.3, 0.4) is 0 Å². The third-order valence-electron chi connectivity index (χ3n) is 7.62. The number of anilines is 2. The molecule has 5 aromatic rings. The minimum atomic E-state index is -3.76. The van der Waals surface area contributed by atoms with Crippen molar-refractivity contribution in [2.75, 3.05) is 38.0 Å². The van der Waals surface area contributed by atoms with Gasteiger partial charge < -0.3 is 25.4 Å². The third kappa shape index (κ3) is 4.99. The number of nitrogen functional groups attached to an aromatic ring is 2. The first-order valence-corrected chi connectivity index (χ1v) is 15.3. The molecule has 4 heterocycles. The van der Waals surface area contributed by atoms with E-state index in [2.05, 4.69) is 20.4 Å². The van der Waals surface area contributed by atoms with Crippen molar-refractivity contribution in [3.05, 3.63) is 60.5 Å². The molecule has 1 aliphatic rings. The highest BCUT2D eigenvalue weighted by Gasteiger charge is 2.44. The van der Waals surface area contributed by atoms with Crippen LogP contribution < -0.4 is 11.5 Å². The van der Waals surface area contributed by atoms with Gasteiger partial charge in [0.25, 0.3) is 0 Å². The Hall–Kier alpha value is -4.34. The molecule has 14 nitrogen and oxygen atoms in total. The molecule has 0 saturated heterocycles. The van der Waals surface area contributed by atoms with Crippen LogP contribution in [-0.2, 0) is 24.9 Å². The Labute approximate surface area is 241 Å². The first-order chi connectivity index (χ1) is 20.2. The van der Waals surface area contributed by atoms with E-state index in [0.717, 1.165) is 17.5 Å². The number of aromatic nitrogens is 7. The molecule has 0 atom stereocenters. The number of nitrogens with zero attached hydrogens (tertiary/aromatic N) is 7. The van der Waals surface area contributed by atoms with Crippen LogP contribution in [0, 0.1) is 0 Å². The van der Waals surface area contributed by atoms with Crippen molar-refractivity contribution in [3.63, 3.8) is 0 Å². The summed E-state index contributed by atoms with van der Waals surface area (Å²) in [7, 11) is -2.17. The number of nitrogens with two attached hydrogens (primary N) is 2. The number of benzene rings is 1. The fraction of sp³-hybridized carbons (Fsp3) is 0.370. The summed E-state index contributed by atoms with van der Waals surface area (Å²) in [4.78, 5) is 4.89. The average Bonchev–Trinajstić information content (AvgIpc) is 3.73. The van der Waals surface area contributed by atoms with Crippen LogP contribution in [0.4, 0.5) is 11.8 Å². The highest BCUT2D eigenvalue weighted by atomic mass is 32.2. The molecule has 0 radical (unpaired) electrons. The van der Waals surface area contributed by atoms with Crippen LogP contribution in [0.25, 0.3) is 22.5 Å². The first-order valence-electron chi connectivity index (χ1n) is 13.4. The summed E-state index contributed by atoms with van der Waals surface area (Å²) in [5.74, 6) is 0.0580. The number of hydrogen-bond acceptors (Lipinski definition) is 12. The third-order valence-corrected chi connectivity index (χ3v) is 8.78. The lowest BCUT2D eigenvalue weighted by molar-refractivity contribution is -0.107. The zero-order valence-corrected chi connectivity index (χ0v) is 24.0. The molecule has 0 bridgehead atoms. The lowest BCUT2D eigenvalue weighted by atomic mass is 9.77. The van der Waals surface area contributed by atoms with Crippen molar-refractivity contribution in [1.82, 2.24) is 34.6 Å². The quantitative estimate of drug-likeness (QED) is 0.238. The van der Waals surface area contributed by atoms with Crippen LogP contribution in [0.1, 0.15) is 43.2 Å². The van der Waals surface area contributed by atoms with Gasteiger partial charge >= 0.3 is 6.01 Å². The summed E-state index contributed by atoms with van der Waals surface area (Å²) in [5.41, 5.74) is 14.5. The summed E-state index contributed by atoms with van der Waals surface area (Å²) in [5, 5.41) is 16.8. The van der Waals surface area contributed by atoms with E-state index in [0.29, 0.717) is 55.8 Å². The molecular weight excluding hydrogens is 562 g/mol. The second kappa shape index (κ2) is 10.8. The topological polar surface area (TPSA) is 192 Å². The molecule has 1 fully saturated rings. The molecule has 15 heteroatoms. The van der Waals surface area contributed by atoms with Gasteiger partial charge in [-0.15, -0.1) is 5.10 Å². The number of methoxy groups -OCH3 is 1. The minimum absolute atomic E-state index is 0.0112. The van der Waals surface area contributed by atoms with Crippen molar-refractivity contribution in [2.45, 2.75) is 42.1 Å². The highest BCUT2D eigenvalue weighted by Crippen LogP contribution is 2.47. The molecule has 4 N–H and O–H groups in total. The lowest BCUT2D eigenvalue weighted by Gasteiger charge is -2.37. The standard InChI is InChI=1S/C27H31N9O5S/c1-39-12-13-40-27(25-33-34-26(29)41-25)10-8-17(9-11-27)21-22(42(2,37)38)23(28)36-24(32-21)20(15-31-36)18-14-30-35(16-18)19-6-4-3-5-7-19/h3-7,14-17H,8-13,28H2,1-2H3,(H2,29,34)/t17-,27-. The first kappa shape index (κ1) is 27.8. The van der Waals surface area contributed by atoms with Crippen molar-refractivity contribution in [1.29, 1.82) is 0 Å². The van der Waals surface area contributed by atoms with Crippen LogP contribution in [0.2, 0.25) is 0 Å². The molecule has 0 amide bonds. The minimum Gasteiger partial charge on any atom is -0.405 e. The van der Waals surface area contributed by atoms with Gasteiger partial charge in [0.15, 0.2) is 15.5 Å². The maximum Gasteiger partial charge on any atom is 0.312 e. The summed E-state index contributed by atoms with van der Waals surface area (Å²) in [6, 6.07) is 9.65. The largest absolute Gasteiger partial charge is 0.405 e. The predicted molar refractivity (Wildman–Crippen MR) is 152 cm³/mol. The maximum atomic E-state index is 13.1. The van der Waals surface area contributed by atoms with Crippen molar-refractivity contribution in [3.8, 4) is 16.8 Å². The second-order valence-electron chi connectivity index (χ2n) is 10.3. The highest BCUT2D eigenvalue weighted by molar-refractivity contribution is 7.91. The van der Waals surface area contributed by atoms with Gasteiger partial charge in [0.05, 0.1) is 37.0 Å². The molecule has 0 unspecified atom stereocenters. The summed E-state index contributed by atoms with van der Waals surface area (Å²) in [6.07, 6.45) is 8.32. The zero-order chi connectivity index (χ0) is 29.5. The summed E-state index contributed by atoms with van der Waals surface area (Å²) in [6.45, 7) is 0.692. The molecule has 42 heavy (non-hydrogen) atoms. The Balaban J connectivity index is 1.39. The fourth-order valence-corrected chi connectivity index (χ4v) is 6.64. The number of sulfone groups is 1. The number of ether oxygens (including phenoxy) is 2. The Morgan fingerprint density at radius 1 is 1.07 bits per heavy atom. The monoisotopic (exact) mass is 593 g/mol. The predicted octanol–water partition coefficient (Wildman–Crippen LogP) is 2.75. The molecular formula is C27H31N9O5S. The Kier molecular flexibility index (Phi) is 7.16. The van der Waals surface area contributed by atoms with Gasteiger partial charge in [-0.1, -0.05) is 23.3 Å². The number of rotatable bonds is 9. The van der Waals surface area contributed by atoms with Crippen LogP contribution in [0.5, 0.6) is 0 Å². The van der Waals surface area contributed by atoms with E-state index in [1.165, 1.54) is 4.52 Å². The zero-order valence-electron chi connectivity index (χ0n) is 23.2. The summed E-state index contributed by atoms with van der Waals surface area (Å²) >= 11 is 0. The molecule has 1 aliphatic carbocycles. The van der Waals surface area contributed by atoms with Gasteiger partial charge in [-0.25, -0.2) is 18.1 Å². The number of para-hydroxylation sites is 1. The van der Waals surface area contributed by atoms with Gasteiger partial charge in [0.2, 0.25) is 5.89 Å². The Morgan fingerprint density at radius 2 is 1.83 bits per heavy atom. The molecule has 0 spiro atoms. The lowest BCUT2D eigenvalue weighted by Crippen LogP contribution is -2.36. The van der Waals surface area contributed by atoms with Gasteiger partial charge in [-0.2, -0.15) is 14.7 Å². The molecule has 6 rings (SSSR count). The van der Waals surface area contributed by atoms with Gasteiger partial charge in [0.1, 0.15) is 16.3 Å². The molecule has 0 aliphatic heterocycles. The molecule has 1 aromatic carbocycles. The Bertz CT molecular complexity index is 1820. The van der Waals surface area contributed by atoms with E-state index in [9.17, 15) is 8.42 Å². The molecule has 220 valence electrons. The second-order valence-corrected chi connectivity index (χ2v) is 12.3. The summed E-state index contributed by atoms with van der Waals surface area (Å²) < 4.78 is 46.2. The SMILES string of the molecule is COCCO[C@]1(c2nnc(N)o2)CC[C@@H](c2nc3c(-c4cnn(-c5ccccc5)c4)cnn3c(N)c2S(C)(=O)=O)CC1. The number of fused-ring (bicyclic) bond motifs is 1. The maximum absolute atomic E-state index is 13.1. The average molecular weight is 594 g/mol. The van der Waals surface area contributed by atoms with Crippen LogP contribution >= 0.6 is 0 Å². The van der Waals surface area contributed by atoms with Gasteiger partial charge in [0, 0.05) is 36.6 Å². The van der Waals surface area contributed by atoms with Gasteiger partial charge in [-0.3, -0.25) is 0 Å². The van der Waals surface area contributed by atoms with E-state index in [4.69, 9.17) is 30.3 Å². The Morgan fingerprint density at radius 3 is 2.50 bits per heavy atom. The number of hydrogen-bond donors (Lipinski definition) is 2. The van der Waals surface area contributed by atoms with Crippen molar-refractivity contribution in [2.24, 2.45) is 0 Å². The van der Waals surface area contributed by atoms with Crippen LogP contribution in [0.15, 0.2) is 58.2 Å². The van der Waals surface area contributed by atoms with Crippen molar-refractivity contribution >= 4 is 27.3 Å². The van der Waals surface area contributed by atoms with E-state index < -0.39 is 15.4 Å². The molecule has 1 saturated carbocycles. The smallest absolute Gasteiger partial charge is 0.312 e. The van der Waals surface area contributed by atoms with E-state index in [1.54, 1.807) is 24.2 Å².